The van der Waals surface area contributed by atoms with Crippen LogP contribution in [0.2, 0.25) is 0 Å². The fraction of sp³-hybridized carbons (Fsp3) is 0.500. The van der Waals surface area contributed by atoms with Crippen molar-refractivity contribution in [2.75, 3.05) is 12.3 Å². The van der Waals surface area contributed by atoms with Crippen molar-refractivity contribution in [3.8, 4) is 0 Å². The molecule has 1 aliphatic rings. The van der Waals surface area contributed by atoms with Crippen LogP contribution in [0.25, 0.3) is 21.6 Å². The topological polar surface area (TPSA) is 281 Å². The monoisotopic (exact) mass is 468 g/mol. The van der Waals surface area contributed by atoms with E-state index >= 15 is 0 Å². The van der Waals surface area contributed by atoms with Crippen LogP contribution < -0.4 is 5.73 Å². The van der Waals surface area contributed by atoms with Gasteiger partial charge in [0.1, 0.15) is 24.6 Å². The summed E-state index contributed by atoms with van der Waals surface area (Å²) in [4.78, 5) is 40.7. The number of hydrogen-bond donors (Lipinski definition) is 6. The van der Waals surface area contributed by atoms with Crippen molar-refractivity contribution in [1.29, 1.82) is 0 Å². The summed E-state index contributed by atoms with van der Waals surface area (Å²) in [5.74, 6) is -0.410. The standard InChI is InChI=1S/C10H14N8O10P2/c11-7-4-8(14-2-13-7)18(10(15-4)16-17-12)9-6(20)5(19)3(27-9)1-26-30(24,25)28-29(21,22)23/h2-3,5-6,9,19-20H,1H2,(H,24,25)(H2,11,13,14)(H2,21,22,23). The lowest BCUT2D eigenvalue weighted by Crippen LogP contribution is -2.33. The summed E-state index contributed by atoms with van der Waals surface area (Å²) in [6, 6.07) is 0. The third kappa shape index (κ3) is 4.59. The lowest BCUT2D eigenvalue weighted by atomic mass is 10.1. The zero-order valence-corrected chi connectivity index (χ0v) is 16.3. The summed E-state index contributed by atoms with van der Waals surface area (Å²) in [7, 11) is -10.6. The minimum atomic E-state index is -5.35. The molecular formula is C10H14N8O10P2. The van der Waals surface area contributed by atoms with Crippen LogP contribution in [0.4, 0.5) is 11.8 Å². The number of azide groups is 1. The Morgan fingerprint density at radius 3 is 2.63 bits per heavy atom. The second-order valence-electron chi connectivity index (χ2n) is 5.79. The normalized spacial score (nSPS) is 26.4. The van der Waals surface area contributed by atoms with E-state index in [1.807, 2.05) is 0 Å². The predicted octanol–water partition coefficient (Wildman–Crippen LogP) is -0.804. The van der Waals surface area contributed by atoms with Crippen molar-refractivity contribution in [1.82, 2.24) is 19.5 Å². The third-order valence-electron chi connectivity index (χ3n) is 3.82. The Kier molecular flexibility index (Phi) is 6.10. The molecule has 1 fully saturated rings. The molecule has 20 heteroatoms. The first-order valence-electron chi connectivity index (χ1n) is 7.73. The van der Waals surface area contributed by atoms with Crippen LogP contribution in [0.3, 0.4) is 0 Å². The third-order valence-corrected chi connectivity index (χ3v) is 5.98. The highest BCUT2D eigenvalue weighted by atomic mass is 31.3. The molecule has 18 nitrogen and oxygen atoms in total. The fourth-order valence-electron chi connectivity index (χ4n) is 2.67. The van der Waals surface area contributed by atoms with Gasteiger partial charge in [-0.1, -0.05) is 0 Å². The maximum absolute atomic E-state index is 11.6. The van der Waals surface area contributed by atoms with Crippen LogP contribution in [0.1, 0.15) is 6.23 Å². The van der Waals surface area contributed by atoms with Crippen molar-refractivity contribution in [3.63, 3.8) is 0 Å². The van der Waals surface area contributed by atoms with E-state index in [2.05, 4.69) is 33.8 Å². The quantitative estimate of drug-likeness (QED) is 0.125. The highest BCUT2D eigenvalue weighted by molar-refractivity contribution is 7.60. The van der Waals surface area contributed by atoms with Gasteiger partial charge in [-0.3, -0.25) is 9.09 Å². The number of imidazole rings is 1. The number of aliphatic hydroxyl groups is 2. The van der Waals surface area contributed by atoms with Gasteiger partial charge in [-0.2, -0.15) is 4.31 Å². The molecule has 0 aromatic carbocycles. The molecule has 0 bridgehead atoms. The van der Waals surface area contributed by atoms with Crippen LogP contribution >= 0.6 is 15.6 Å². The van der Waals surface area contributed by atoms with Gasteiger partial charge in [0.15, 0.2) is 23.2 Å². The minimum absolute atomic E-state index is 0.0135. The number of nitrogens with two attached hydrogens (primary N) is 1. The Hall–Kier alpha value is -2.20. The molecule has 0 amide bonds. The number of hydrogen-bond acceptors (Lipinski definition) is 12. The van der Waals surface area contributed by atoms with Crippen LogP contribution in [0.15, 0.2) is 11.4 Å². The summed E-state index contributed by atoms with van der Waals surface area (Å²) >= 11 is 0. The Balaban J connectivity index is 1.88. The van der Waals surface area contributed by atoms with Gasteiger partial charge in [-0.15, -0.1) is 0 Å². The molecule has 5 unspecified atom stereocenters. The van der Waals surface area contributed by atoms with Crippen molar-refractivity contribution in [2.45, 2.75) is 24.5 Å². The van der Waals surface area contributed by atoms with E-state index in [4.69, 9.17) is 25.8 Å². The van der Waals surface area contributed by atoms with Crippen molar-refractivity contribution in [3.05, 3.63) is 16.8 Å². The van der Waals surface area contributed by atoms with Gasteiger partial charge in [0.25, 0.3) is 0 Å². The molecule has 1 saturated heterocycles. The molecule has 2 aromatic heterocycles. The van der Waals surface area contributed by atoms with Gasteiger partial charge in [0, 0.05) is 4.91 Å². The molecular weight excluding hydrogens is 454 g/mol. The first-order valence-corrected chi connectivity index (χ1v) is 10.8. The molecule has 164 valence electrons. The average Bonchev–Trinajstić information content (AvgIpc) is 3.11. The predicted molar refractivity (Wildman–Crippen MR) is 93.4 cm³/mol. The summed E-state index contributed by atoms with van der Waals surface area (Å²) in [6.45, 7) is -0.914. The van der Waals surface area contributed by atoms with E-state index in [9.17, 15) is 24.2 Å². The van der Waals surface area contributed by atoms with E-state index in [1.54, 1.807) is 0 Å². The molecule has 0 aliphatic carbocycles. The first kappa shape index (κ1) is 22.5. The number of nitrogens with zero attached hydrogens (tertiary/aromatic N) is 7. The molecule has 2 aromatic rings. The molecule has 1 aliphatic heterocycles. The maximum atomic E-state index is 11.6. The number of ether oxygens (including phenoxy) is 1. The van der Waals surface area contributed by atoms with E-state index < -0.39 is 46.8 Å². The average molecular weight is 468 g/mol. The lowest BCUT2D eigenvalue weighted by Gasteiger charge is -2.18. The van der Waals surface area contributed by atoms with Gasteiger partial charge >= 0.3 is 15.6 Å². The molecule has 3 heterocycles. The van der Waals surface area contributed by atoms with Crippen molar-refractivity contribution < 1.29 is 47.6 Å². The van der Waals surface area contributed by atoms with Crippen LogP contribution in [0, 0.1) is 0 Å². The number of fused-ring (bicyclic) bond motifs is 1. The number of phosphoric acid groups is 2. The van der Waals surface area contributed by atoms with E-state index in [0.29, 0.717) is 0 Å². The largest absolute Gasteiger partial charge is 0.481 e. The van der Waals surface area contributed by atoms with Crippen LogP contribution in [-0.2, 0) is 22.7 Å². The van der Waals surface area contributed by atoms with Gasteiger partial charge in [-0.25, -0.2) is 24.1 Å². The lowest BCUT2D eigenvalue weighted by molar-refractivity contribution is -0.0495. The van der Waals surface area contributed by atoms with E-state index in [-0.39, 0.29) is 22.9 Å². The van der Waals surface area contributed by atoms with Gasteiger partial charge in [-0.05, 0) is 10.6 Å². The zero-order chi connectivity index (χ0) is 22.3. The molecule has 3 rings (SSSR count). The summed E-state index contributed by atoms with van der Waals surface area (Å²) < 4.78 is 36.7. The highest BCUT2D eigenvalue weighted by Gasteiger charge is 2.46. The molecule has 0 spiro atoms. The Morgan fingerprint density at radius 2 is 2.00 bits per heavy atom. The molecule has 0 saturated carbocycles. The number of aromatic nitrogens is 4. The van der Waals surface area contributed by atoms with Crippen molar-refractivity contribution >= 4 is 38.6 Å². The van der Waals surface area contributed by atoms with Crippen LogP contribution in [-0.4, -0.2) is 69.3 Å². The Morgan fingerprint density at radius 1 is 1.30 bits per heavy atom. The minimum Gasteiger partial charge on any atom is -0.387 e. The van der Waals surface area contributed by atoms with Crippen molar-refractivity contribution in [2.24, 2.45) is 5.11 Å². The number of rotatable bonds is 7. The fourth-order valence-corrected chi connectivity index (χ4v) is 4.26. The first-order chi connectivity index (χ1) is 13.9. The summed E-state index contributed by atoms with van der Waals surface area (Å²) in [5.41, 5.74) is 14.4. The van der Waals surface area contributed by atoms with E-state index in [1.165, 1.54) is 0 Å². The van der Waals surface area contributed by atoms with Gasteiger partial charge in [0.05, 0.1) is 6.61 Å². The molecule has 7 N–H and O–H groups in total. The second kappa shape index (κ2) is 8.14. The van der Waals surface area contributed by atoms with Gasteiger partial charge < -0.3 is 35.4 Å². The molecule has 0 radical (unpaired) electrons. The maximum Gasteiger partial charge on any atom is 0.481 e. The molecule has 5 atom stereocenters. The number of anilines is 1. The van der Waals surface area contributed by atoms with E-state index in [0.717, 1.165) is 10.9 Å². The zero-order valence-electron chi connectivity index (χ0n) is 14.5. The number of aliphatic hydroxyl groups excluding tert-OH is 2. The smallest absolute Gasteiger partial charge is 0.387 e. The van der Waals surface area contributed by atoms with Crippen LogP contribution in [0.5, 0.6) is 0 Å². The Bertz CT molecular complexity index is 1100. The van der Waals surface area contributed by atoms with Gasteiger partial charge in [0.2, 0.25) is 5.95 Å². The summed E-state index contributed by atoms with van der Waals surface area (Å²) in [5, 5.41) is 23.9. The number of phosphoric ester groups is 1. The molecule has 30 heavy (non-hydrogen) atoms. The Labute approximate surface area is 165 Å². The summed E-state index contributed by atoms with van der Waals surface area (Å²) in [6.07, 6.45) is -5.27. The SMILES string of the molecule is [N-]=[N+]=Nc1nc2c(N)ncnc2n1C1OC(COP(=O)(O)OP(=O)(O)O)C(O)C1O. The second-order valence-corrected chi connectivity index (χ2v) is 8.61. The number of nitrogen functional groups attached to an aromatic ring is 1. The highest BCUT2D eigenvalue weighted by Crippen LogP contribution is 2.57.